The van der Waals surface area contributed by atoms with Gasteiger partial charge in [-0.1, -0.05) is 6.07 Å². The first-order valence-electron chi connectivity index (χ1n) is 6.83. The van der Waals surface area contributed by atoms with E-state index in [4.69, 9.17) is 9.84 Å². The summed E-state index contributed by atoms with van der Waals surface area (Å²) in [5.41, 5.74) is 0. The van der Waals surface area contributed by atoms with E-state index >= 15 is 0 Å². The molecule has 0 aromatic heterocycles. The largest absolute Gasteiger partial charge is 0.493 e. The Morgan fingerprint density at radius 2 is 2.20 bits per heavy atom. The van der Waals surface area contributed by atoms with E-state index in [-0.39, 0.29) is 37.4 Å². The van der Waals surface area contributed by atoms with Crippen molar-refractivity contribution in [2.45, 2.75) is 32.7 Å². The van der Waals surface area contributed by atoms with Crippen LogP contribution >= 0.6 is 0 Å². The molecule has 0 bridgehead atoms. The first kappa shape index (κ1) is 16.4. The number of carbonyl (C=O) groups excluding carboxylic acids is 1. The molecule has 20 heavy (non-hydrogen) atoms. The molecule has 4 nitrogen and oxygen atoms in total. The highest BCUT2D eigenvalue weighted by Gasteiger charge is 2.16. The molecule has 0 aliphatic carbocycles. The molecule has 1 aromatic carbocycles. The van der Waals surface area contributed by atoms with Crippen LogP contribution in [0.2, 0.25) is 0 Å². The van der Waals surface area contributed by atoms with Crippen LogP contribution in [0.4, 0.5) is 4.39 Å². The van der Waals surface area contributed by atoms with E-state index in [0.717, 1.165) is 0 Å². The van der Waals surface area contributed by atoms with Crippen LogP contribution in [0.15, 0.2) is 24.3 Å². The number of aliphatic hydroxyl groups excluding tert-OH is 1. The molecule has 0 radical (unpaired) electrons. The van der Waals surface area contributed by atoms with Crippen LogP contribution < -0.4 is 4.74 Å². The van der Waals surface area contributed by atoms with Gasteiger partial charge in [-0.05, 0) is 32.4 Å². The lowest BCUT2D eigenvalue weighted by atomic mass is 10.2. The van der Waals surface area contributed by atoms with Crippen LogP contribution in [0.3, 0.4) is 0 Å². The van der Waals surface area contributed by atoms with Crippen molar-refractivity contribution in [3.05, 3.63) is 30.1 Å². The first-order chi connectivity index (χ1) is 9.54. The highest BCUT2D eigenvalue weighted by Crippen LogP contribution is 2.12. The van der Waals surface area contributed by atoms with E-state index < -0.39 is 0 Å². The zero-order chi connectivity index (χ0) is 15.0. The Balaban J connectivity index is 2.41. The Morgan fingerprint density at radius 1 is 1.45 bits per heavy atom. The fourth-order valence-electron chi connectivity index (χ4n) is 1.87. The van der Waals surface area contributed by atoms with E-state index in [0.29, 0.717) is 18.7 Å². The second-order valence-corrected chi connectivity index (χ2v) is 4.81. The van der Waals surface area contributed by atoms with Gasteiger partial charge in [-0.2, -0.15) is 0 Å². The van der Waals surface area contributed by atoms with Crippen LogP contribution in [-0.4, -0.2) is 41.7 Å². The number of aliphatic hydroxyl groups is 1. The normalized spacial score (nSPS) is 10.7. The Bertz CT molecular complexity index is 423. The molecule has 0 heterocycles. The summed E-state index contributed by atoms with van der Waals surface area (Å²) in [6, 6.07) is 5.93. The van der Waals surface area contributed by atoms with Gasteiger partial charge in [0.2, 0.25) is 5.91 Å². The fraction of sp³-hybridized carbons (Fsp3) is 0.533. The summed E-state index contributed by atoms with van der Waals surface area (Å²) in [7, 11) is 0. The minimum atomic E-state index is -0.361. The molecule has 5 heteroatoms. The van der Waals surface area contributed by atoms with E-state index in [1.54, 1.807) is 17.0 Å². The summed E-state index contributed by atoms with van der Waals surface area (Å²) in [5.74, 6) is 0.0367. The van der Waals surface area contributed by atoms with Gasteiger partial charge in [0, 0.05) is 25.3 Å². The molecular formula is C15H22FNO3. The summed E-state index contributed by atoms with van der Waals surface area (Å²) in [4.78, 5) is 13.8. The average Bonchev–Trinajstić information content (AvgIpc) is 2.39. The predicted octanol–water partition coefficient (Wildman–Crippen LogP) is 2.21. The van der Waals surface area contributed by atoms with Crippen molar-refractivity contribution in [3.63, 3.8) is 0 Å². The molecule has 112 valence electrons. The van der Waals surface area contributed by atoms with Crippen molar-refractivity contribution in [2.75, 3.05) is 19.8 Å². The van der Waals surface area contributed by atoms with Gasteiger partial charge >= 0.3 is 0 Å². The molecule has 0 spiro atoms. The second-order valence-electron chi connectivity index (χ2n) is 4.81. The number of amides is 1. The van der Waals surface area contributed by atoms with Crippen LogP contribution in [0, 0.1) is 5.82 Å². The molecule has 0 aliphatic heterocycles. The second kappa shape index (κ2) is 8.53. The number of benzene rings is 1. The van der Waals surface area contributed by atoms with Crippen molar-refractivity contribution >= 4 is 5.91 Å². The molecule has 1 N–H and O–H groups in total. The van der Waals surface area contributed by atoms with Gasteiger partial charge < -0.3 is 14.7 Å². The minimum Gasteiger partial charge on any atom is -0.493 e. The molecule has 0 saturated heterocycles. The van der Waals surface area contributed by atoms with E-state index in [1.165, 1.54) is 12.1 Å². The van der Waals surface area contributed by atoms with Gasteiger partial charge in [0.05, 0.1) is 13.0 Å². The Kier molecular flexibility index (Phi) is 7.01. The van der Waals surface area contributed by atoms with E-state index in [1.807, 2.05) is 13.8 Å². The zero-order valence-electron chi connectivity index (χ0n) is 12.0. The Labute approximate surface area is 119 Å². The summed E-state index contributed by atoms with van der Waals surface area (Å²) >= 11 is 0. The lowest BCUT2D eigenvalue weighted by Gasteiger charge is -2.26. The van der Waals surface area contributed by atoms with E-state index in [2.05, 4.69) is 0 Å². The number of ether oxygens (including phenoxy) is 1. The highest BCUT2D eigenvalue weighted by molar-refractivity contribution is 5.76. The maximum atomic E-state index is 12.9. The van der Waals surface area contributed by atoms with Crippen molar-refractivity contribution in [2.24, 2.45) is 0 Å². The molecule has 0 unspecified atom stereocenters. The van der Waals surface area contributed by atoms with Crippen molar-refractivity contribution < 1.29 is 19.0 Å². The quantitative estimate of drug-likeness (QED) is 0.796. The molecule has 0 aliphatic rings. The third-order valence-electron chi connectivity index (χ3n) is 2.88. The summed E-state index contributed by atoms with van der Waals surface area (Å²) < 4.78 is 18.3. The van der Waals surface area contributed by atoms with Crippen LogP contribution in [0.1, 0.15) is 26.7 Å². The van der Waals surface area contributed by atoms with Gasteiger partial charge in [0.25, 0.3) is 0 Å². The van der Waals surface area contributed by atoms with Crippen LogP contribution in [0.5, 0.6) is 5.75 Å². The standard InChI is InChI=1S/C15H22FNO3/c1-12(2)17(8-4-9-18)15(19)7-10-20-14-6-3-5-13(16)11-14/h3,5-6,11-12,18H,4,7-10H2,1-2H3. The third kappa shape index (κ3) is 5.57. The summed E-state index contributed by atoms with van der Waals surface area (Å²) in [6.45, 7) is 4.68. The average molecular weight is 283 g/mol. The molecule has 1 amide bonds. The summed E-state index contributed by atoms with van der Waals surface area (Å²) in [5, 5.41) is 8.83. The monoisotopic (exact) mass is 283 g/mol. The van der Waals surface area contributed by atoms with E-state index in [9.17, 15) is 9.18 Å². The highest BCUT2D eigenvalue weighted by atomic mass is 19.1. The lowest BCUT2D eigenvalue weighted by Crippen LogP contribution is -2.38. The molecule has 1 rings (SSSR count). The van der Waals surface area contributed by atoms with Crippen molar-refractivity contribution in [3.8, 4) is 5.75 Å². The Hall–Kier alpha value is -1.62. The predicted molar refractivity (Wildman–Crippen MR) is 75.1 cm³/mol. The van der Waals surface area contributed by atoms with Gasteiger partial charge in [0.1, 0.15) is 11.6 Å². The maximum absolute atomic E-state index is 12.9. The van der Waals surface area contributed by atoms with Gasteiger partial charge in [-0.25, -0.2) is 4.39 Å². The van der Waals surface area contributed by atoms with Gasteiger partial charge in [-0.15, -0.1) is 0 Å². The smallest absolute Gasteiger partial charge is 0.226 e. The number of rotatable bonds is 8. The van der Waals surface area contributed by atoms with Crippen molar-refractivity contribution in [1.82, 2.24) is 4.90 Å². The molecule has 0 saturated carbocycles. The molecule has 0 atom stereocenters. The molecular weight excluding hydrogens is 261 g/mol. The summed E-state index contributed by atoms with van der Waals surface area (Å²) in [6.07, 6.45) is 0.800. The van der Waals surface area contributed by atoms with Gasteiger partial charge in [0.15, 0.2) is 0 Å². The zero-order valence-corrected chi connectivity index (χ0v) is 12.0. The molecule has 0 fully saturated rings. The minimum absolute atomic E-state index is 0.0233. The van der Waals surface area contributed by atoms with Crippen LogP contribution in [0.25, 0.3) is 0 Å². The number of carbonyl (C=O) groups is 1. The number of hydrogen-bond acceptors (Lipinski definition) is 3. The number of hydrogen-bond donors (Lipinski definition) is 1. The fourth-order valence-corrected chi connectivity index (χ4v) is 1.87. The lowest BCUT2D eigenvalue weighted by molar-refractivity contribution is -0.133. The van der Waals surface area contributed by atoms with Crippen LogP contribution in [-0.2, 0) is 4.79 Å². The number of halogens is 1. The SMILES string of the molecule is CC(C)N(CCCO)C(=O)CCOc1cccc(F)c1. The Morgan fingerprint density at radius 3 is 2.80 bits per heavy atom. The maximum Gasteiger partial charge on any atom is 0.226 e. The number of nitrogens with zero attached hydrogens (tertiary/aromatic N) is 1. The van der Waals surface area contributed by atoms with Crippen molar-refractivity contribution in [1.29, 1.82) is 0 Å². The molecule has 1 aromatic rings. The topological polar surface area (TPSA) is 49.8 Å². The van der Waals surface area contributed by atoms with Gasteiger partial charge in [-0.3, -0.25) is 4.79 Å². The first-order valence-corrected chi connectivity index (χ1v) is 6.83. The third-order valence-corrected chi connectivity index (χ3v) is 2.88.